The molecule has 3 N–H and O–H groups in total. The summed E-state index contributed by atoms with van der Waals surface area (Å²) in [5.41, 5.74) is 2.18. The van der Waals surface area contributed by atoms with Crippen molar-refractivity contribution in [3.05, 3.63) is 29.3 Å². The molecule has 1 aromatic carbocycles. The van der Waals surface area contributed by atoms with Crippen molar-refractivity contribution in [1.82, 2.24) is 10.0 Å². The summed E-state index contributed by atoms with van der Waals surface area (Å²) in [6, 6.07) is 5.47. The van der Waals surface area contributed by atoms with Crippen molar-refractivity contribution >= 4 is 21.6 Å². The van der Waals surface area contributed by atoms with Crippen LogP contribution in [0.25, 0.3) is 0 Å². The first kappa shape index (κ1) is 15.5. The summed E-state index contributed by atoms with van der Waals surface area (Å²) < 4.78 is 24.6. The lowest BCUT2D eigenvalue weighted by molar-refractivity contribution is 0.0957. The second kappa shape index (κ2) is 6.53. The summed E-state index contributed by atoms with van der Waals surface area (Å²) in [6.45, 7) is 1.96. The van der Waals surface area contributed by atoms with Gasteiger partial charge in [0, 0.05) is 19.3 Å². The number of nitrogens with one attached hydrogen (secondary N) is 3. The number of carbonyl (C=O) groups is 1. The molecule has 1 rings (SSSR count). The SMILES string of the molecule is CNc1ccc(C)cc1C(=O)NCCS(=O)(=O)NC. The third kappa shape index (κ3) is 4.53. The van der Waals surface area contributed by atoms with E-state index in [-0.39, 0.29) is 18.2 Å². The zero-order chi connectivity index (χ0) is 14.5. The van der Waals surface area contributed by atoms with E-state index in [9.17, 15) is 13.2 Å². The molecule has 0 spiro atoms. The maximum Gasteiger partial charge on any atom is 0.253 e. The molecule has 1 aromatic rings. The standard InChI is InChI=1S/C12H19N3O3S/c1-9-4-5-11(13-2)10(8-9)12(16)15-6-7-19(17,18)14-3/h4-5,8,13-14H,6-7H2,1-3H3,(H,15,16). The van der Waals surface area contributed by atoms with E-state index in [1.54, 1.807) is 13.1 Å². The first-order valence-corrected chi connectivity index (χ1v) is 7.52. The molecule has 0 radical (unpaired) electrons. The fraction of sp³-hybridized carbons (Fsp3) is 0.417. The monoisotopic (exact) mass is 285 g/mol. The molecule has 6 nitrogen and oxygen atoms in total. The van der Waals surface area contributed by atoms with Crippen molar-refractivity contribution in [2.24, 2.45) is 0 Å². The number of sulfonamides is 1. The normalized spacial score (nSPS) is 11.1. The second-order valence-corrected chi connectivity index (χ2v) is 6.12. The lowest BCUT2D eigenvalue weighted by Gasteiger charge is -2.10. The molecule has 1 amide bonds. The Balaban J connectivity index is 2.71. The van der Waals surface area contributed by atoms with Gasteiger partial charge in [-0.15, -0.1) is 0 Å². The van der Waals surface area contributed by atoms with Crippen LogP contribution in [-0.2, 0) is 10.0 Å². The highest BCUT2D eigenvalue weighted by Crippen LogP contribution is 2.16. The van der Waals surface area contributed by atoms with E-state index in [2.05, 4.69) is 15.4 Å². The maximum absolute atomic E-state index is 12.0. The first-order chi connectivity index (χ1) is 8.89. The van der Waals surface area contributed by atoms with Crippen LogP contribution in [0.5, 0.6) is 0 Å². The largest absolute Gasteiger partial charge is 0.387 e. The van der Waals surface area contributed by atoms with Crippen LogP contribution < -0.4 is 15.4 Å². The van der Waals surface area contributed by atoms with Crippen LogP contribution in [0.15, 0.2) is 18.2 Å². The molecular weight excluding hydrogens is 266 g/mol. The van der Waals surface area contributed by atoms with Crippen molar-refractivity contribution in [1.29, 1.82) is 0 Å². The van der Waals surface area contributed by atoms with Gasteiger partial charge >= 0.3 is 0 Å². The fourth-order valence-corrected chi connectivity index (χ4v) is 2.14. The van der Waals surface area contributed by atoms with E-state index in [0.29, 0.717) is 11.3 Å². The van der Waals surface area contributed by atoms with Crippen LogP contribution in [0.4, 0.5) is 5.69 Å². The summed E-state index contributed by atoms with van der Waals surface area (Å²) in [7, 11) is -0.228. The minimum Gasteiger partial charge on any atom is -0.387 e. The van der Waals surface area contributed by atoms with Gasteiger partial charge in [-0.2, -0.15) is 0 Å². The van der Waals surface area contributed by atoms with Gasteiger partial charge < -0.3 is 10.6 Å². The highest BCUT2D eigenvalue weighted by atomic mass is 32.2. The molecule has 0 saturated heterocycles. The summed E-state index contributed by atoms with van der Waals surface area (Å²) in [6.07, 6.45) is 0. The Bertz CT molecular complexity index is 555. The Morgan fingerprint density at radius 1 is 1.26 bits per heavy atom. The molecule has 0 heterocycles. The van der Waals surface area contributed by atoms with Gasteiger partial charge in [-0.25, -0.2) is 13.1 Å². The Morgan fingerprint density at radius 2 is 1.95 bits per heavy atom. The van der Waals surface area contributed by atoms with E-state index in [1.165, 1.54) is 7.05 Å². The summed E-state index contributed by atoms with van der Waals surface area (Å²) >= 11 is 0. The molecule has 0 unspecified atom stereocenters. The third-order valence-electron chi connectivity index (χ3n) is 2.66. The highest BCUT2D eigenvalue weighted by Gasteiger charge is 2.12. The molecule has 7 heteroatoms. The van der Waals surface area contributed by atoms with E-state index in [0.717, 1.165) is 5.56 Å². The summed E-state index contributed by atoms with van der Waals surface area (Å²) in [5.74, 6) is -0.435. The van der Waals surface area contributed by atoms with Crippen LogP contribution in [0, 0.1) is 6.92 Å². The van der Waals surface area contributed by atoms with Gasteiger partial charge in [0.15, 0.2) is 0 Å². The molecule has 0 fully saturated rings. The molecule has 106 valence electrons. The minimum absolute atomic E-state index is 0.0686. The van der Waals surface area contributed by atoms with Crippen molar-refractivity contribution in [3.8, 4) is 0 Å². The van der Waals surface area contributed by atoms with E-state index >= 15 is 0 Å². The van der Waals surface area contributed by atoms with Gasteiger partial charge in [-0.3, -0.25) is 4.79 Å². The van der Waals surface area contributed by atoms with Gasteiger partial charge in [-0.05, 0) is 26.1 Å². The average molecular weight is 285 g/mol. The average Bonchev–Trinajstić information content (AvgIpc) is 2.38. The number of carbonyl (C=O) groups excluding carboxylic acids is 1. The summed E-state index contributed by atoms with van der Waals surface area (Å²) in [4.78, 5) is 12.0. The molecule has 0 aromatic heterocycles. The fourth-order valence-electron chi connectivity index (χ4n) is 1.56. The van der Waals surface area contributed by atoms with Crippen molar-refractivity contribution in [3.63, 3.8) is 0 Å². The Hall–Kier alpha value is -1.60. The Kier molecular flexibility index (Phi) is 5.31. The van der Waals surface area contributed by atoms with E-state index in [1.807, 2.05) is 19.1 Å². The smallest absolute Gasteiger partial charge is 0.253 e. The number of amides is 1. The van der Waals surface area contributed by atoms with Crippen LogP contribution in [0.2, 0.25) is 0 Å². The molecule has 0 aliphatic heterocycles. The Morgan fingerprint density at radius 3 is 2.53 bits per heavy atom. The van der Waals surface area contributed by atoms with Gasteiger partial charge in [-0.1, -0.05) is 11.6 Å². The number of hydrogen-bond donors (Lipinski definition) is 3. The van der Waals surface area contributed by atoms with Gasteiger partial charge in [0.1, 0.15) is 0 Å². The lowest BCUT2D eigenvalue weighted by Crippen LogP contribution is -2.33. The van der Waals surface area contributed by atoms with Crippen LogP contribution in [0.3, 0.4) is 0 Å². The number of anilines is 1. The molecular formula is C12H19N3O3S. The number of aryl methyl sites for hydroxylation is 1. The van der Waals surface area contributed by atoms with Gasteiger partial charge in [0.2, 0.25) is 10.0 Å². The zero-order valence-corrected chi connectivity index (χ0v) is 12.1. The maximum atomic E-state index is 12.0. The van der Waals surface area contributed by atoms with Crippen molar-refractivity contribution < 1.29 is 13.2 Å². The zero-order valence-electron chi connectivity index (χ0n) is 11.3. The number of benzene rings is 1. The Labute approximate surface area is 113 Å². The minimum atomic E-state index is -3.30. The van der Waals surface area contributed by atoms with E-state index < -0.39 is 10.0 Å². The first-order valence-electron chi connectivity index (χ1n) is 5.87. The third-order valence-corrected chi connectivity index (χ3v) is 4.02. The topological polar surface area (TPSA) is 87.3 Å². The molecule has 0 bridgehead atoms. The van der Waals surface area contributed by atoms with Crippen molar-refractivity contribution in [2.75, 3.05) is 31.7 Å². The van der Waals surface area contributed by atoms with Crippen LogP contribution in [0.1, 0.15) is 15.9 Å². The second-order valence-electron chi connectivity index (χ2n) is 4.08. The van der Waals surface area contributed by atoms with E-state index in [4.69, 9.17) is 0 Å². The molecule has 19 heavy (non-hydrogen) atoms. The van der Waals surface area contributed by atoms with Gasteiger partial charge in [0.05, 0.1) is 11.3 Å². The molecule has 0 aliphatic carbocycles. The molecule has 0 aliphatic rings. The summed E-state index contributed by atoms with van der Waals surface area (Å²) in [5, 5.41) is 5.52. The quantitative estimate of drug-likeness (QED) is 0.702. The number of hydrogen-bond acceptors (Lipinski definition) is 4. The van der Waals surface area contributed by atoms with Gasteiger partial charge in [0.25, 0.3) is 5.91 Å². The van der Waals surface area contributed by atoms with Crippen molar-refractivity contribution in [2.45, 2.75) is 6.92 Å². The van der Waals surface area contributed by atoms with Crippen LogP contribution in [-0.4, -0.2) is 40.7 Å². The lowest BCUT2D eigenvalue weighted by atomic mass is 10.1. The number of rotatable bonds is 6. The predicted octanol–water partition coefficient (Wildman–Crippen LogP) is 0.316. The highest BCUT2D eigenvalue weighted by molar-refractivity contribution is 7.89. The predicted molar refractivity (Wildman–Crippen MR) is 75.9 cm³/mol. The molecule has 0 saturated carbocycles. The van der Waals surface area contributed by atoms with Crippen LogP contribution >= 0.6 is 0 Å². The molecule has 0 atom stereocenters.